The number of ketones is 1. The molecule has 0 unspecified atom stereocenters. The number of pyridine rings is 1. The van der Waals surface area contributed by atoms with Crippen LogP contribution in [0.4, 0.5) is 0 Å². The first-order valence-electron chi connectivity index (χ1n) is 12.7. The molecule has 4 rings (SSSR count). The summed E-state index contributed by atoms with van der Waals surface area (Å²) in [5, 5.41) is 0.668. The van der Waals surface area contributed by atoms with E-state index in [-0.39, 0.29) is 5.78 Å². The zero-order chi connectivity index (χ0) is 26.4. The molecular weight excluding hydrogens is 571 g/mol. The number of aromatic nitrogens is 1. The lowest BCUT2D eigenvalue weighted by molar-refractivity contribution is 0.103. The highest BCUT2D eigenvalue weighted by molar-refractivity contribution is 9.10. The zero-order valence-corrected chi connectivity index (χ0v) is 24.2. The summed E-state index contributed by atoms with van der Waals surface area (Å²) >= 11 is 16.7. The van der Waals surface area contributed by atoms with Gasteiger partial charge in [0.15, 0.2) is 5.75 Å². The topological polar surface area (TPSA) is 34.0 Å². The van der Waals surface area contributed by atoms with Crippen LogP contribution in [0.3, 0.4) is 0 Å². The van der Waals surface area contributed by atoms with Crippen LogP contribution >= 0.6 is 39.1 Å². The zero-order valence-electron chi connectivity index (χ0n) is 21.1. The van der Waals surface area contributed by atoms with Crippen molar-refractivity contribution < 1.29 is 9.53 Å². The molecule has 0 saturated heterocycles. The average molecular weight is 602 g/mol. The molecule has 0 spiro atoms. The Balaban J connectivity index is 1.58. The van der Waals surface area contributed by atoms with Gasteiger partial charge in [-0.1, -0.05) is 71.2 Å². The predicted octanol–water partition coefficient (Wildman–Crippen LogP) is 8.80. The van der Waals surface area contributed by atoms with Gasteiger partial charge in [-0.05, 0) is 80.4 Å². The summed E-state index contributed by atoms with van der Waals surface area (Å²) in [5.41, 5.74) is 3.71. The van der Waals surface area contributed by atoms with Crippen molar-refractivity contribution >= 4 is 50.4 Å². The summed E-state index contributed by atoms with van der Waals surface area (Å²) in [6, 6.07) is 19.1. The van der Waals surface area contributed by atoms with Crippen molar-refractivity contribution in [1.82, 2.24) is 9.30 Å². The van der Waals surface area contributed by atoms with Crippen molar-refractivity contribution in [3.05, 3.63) is 92.6 Å². The van der Waals surface area contributed by atoms with E-state index in [4.69, 9.17) is 27.9 Å². The van der Waals surface area contributed by atoms with E-state index in [1.807, 2.05) is 59.1 Å². The van der Waals surface area contributed by atoms with Gasteiger partial charge in [0.2, 0.25) is 5.78 Å². The van der Waals surface area contributed by atoms with Crippen LogP contribution in [0, 0.1) is 0 Å². The van der Waals surface area contributed by atoms with Gasteiger partial charge in [0.05, 0.1) is 16.7 Å². The largest absolute Gasteiger partial charge is 0.490 e. The third-order valence-corrected chi connectivity index (χ3v) is 7.35. The Bertz CT molecular complexity index is 1340. The molecule has 0 aliphatic rings. The van der Waals surface area contributed by atoms with E-state index >= 15 is 0 Å². The number of carbonyl (C=O) groups excluding carboxylic acids is 1. The number of halogens is 3. The first-order valence-corrected chi connectivity index (χ1v) is 14.2. The van der Waals surface area contributed by atoms with E-state index in [1.165, 1.54) is 0 Å². The molecule has 0 bridgehead atoms. The molecule has 2 aromatic heterocycles. The summed E-state index contributed by atoms with van der Waals surface area (Å²) in [6.45, 7) is 8.04. The molecule has 0 aliphatic carbocycles. The van der Waals surface area contributed by atoms with Crippen molar-refractivity contribution in [3.63, 3.8) is 0 Å². The molecule has 0 aliphatic heterocycles. The van der Waals surface area contributed by atoms with Gasteiger partial charge in [0.25, 0.3) is 0 Å². The number of nitrogens with zero attached hydrogens (tertiary/aromatic N) is 2. The molecular formula is C30H31BrCl2N2O2. The summed E-state index contributed by atoms with van der Waals surface area (Å²) in [7, 11) is 0. The van der Waals surface area contributed by atoms with Crippen molar-refractivity contribution in [3.8, 4) is 16.9 Å². The Morgan fingerprint density at radius 3 is 2.27 bits per heavy atom. The number of carbonyl (C=O) groups is 1. The molecule has 4 nitrogen and oxygen atoms in total. The van der Waals surface area contributed by atoms with Gasteiger partial charge in [-0.25, -0.2) is 0 Å². The highest BCUT2D eigenvalue weighted by atomic mass is 79.9. The molecule has 0 radical (unpaired) electrons. The lowest BCUT2D eigenvalue weighted by atomic mass is 10.00. The number of ether oxygens (including phenoxy) is 1. The van der Waals surface area contributed by atoms with Crippen LogP contribution < -0.4 is 4.74 Å². The second kappa shape index (κ2) is 13.0. The first-order chi connectivity index (χ1) is 17.9. The monoisotopic (exact) mass is 600 g/mol. The number of hydrogen-bond acceptors (Lipinski definition) is 3. The van der Waals surface area contributed by atoms with Crippen LogP contribution in [-0.4, -0.2) is 41.3 Å². The fraction of sp³-hybridized carbons (Fsp3) is 0.300. The molecule has 2 heterocycles. The molecule has 0 amide bonds. The van der Waals surface area contributed by atoms with E-state index in [1.54, 1.807) is 12.1 Å². The lowest BCUT2D eigenvalue weighted by Gasteiger charge is -2.21. The van der Waals surface area contributed by atoms with Gasteiger partial charge < -0.3 is 14.0 Å². The van der Waals surface area contributed by atoms with E-state index in [9.17, 15) is 4.79 Å². The number of hydrogen-bond donors (Lipinski definition) is 0. The van der Waals surface area contributed by atoms with Crippen molar-refractivity contribution in [2.75, 3.05) is 26.2 Å². The Labute approximate surface area is 237 Å². The van der Waals surface area contributed by atoms with Crippen LogP contribution in [0.1, 0.15) is 49.2 Å². The highest BCUT2D eigenvalue weighted by Crippen LogP contribution is 2.37. The smallest absolute Gasteiger partial charge is 0.210 e. The minimum absolute atomic E-state index is 0.158. The Morgan fingerprint density at radius 1 is 0.946 bits per heavy atom. The van der Waals surface area contributed by atoms with Crippen LogP contribution in [0.15, 0.2) is 71.3 Å². The number of rotatable bonds is 12. The fourth-order valence-electron chi connectivity index (χ4n) is 4.60. The average Bonchev–Trinajstić information content (AvgIpc) is 3.27. The minimum atomic E-state index is -0.158. The SMILES string of the molecule is CCCN(CCC)CCCOc1c(Cl)cc(C(=O)c2c(-c3ccc(Br)cc3)cc3ccccn23)cc1Cl. The lowest BCUT2D eigenvalue weighted by Crippen LogP contribution is -2.27. The van der Waals surface area contributed by atoms with Crippen LogP contribution in [0.25, 0.3) is 16.6 Å². The van der Waals surface area contributed by atoms with Crippen molar-refractivity contribution in [2.24, 2.45) is 0 Å². The van der Waals surface area contributed by atoms with E-state index in [2.05, 4.69) is 34.7 Å². The Hall–Kier alpha value is -2.31. The Kier molecular flexibility index (Phi) is 9.71. The Morgan fingerprint density at radius 2 is 1.62 bits per heavy atom. The standard InChI is InChI=1S/C30H31BrCl2N2O2/c1-3-13-34(14-4-2)15-7-17-37-30-26(32)18-22(19-27(30)33)29(36)28-25(21-9-11-23(31)12-10-21)20-24-8-5-6-16-35(24)28/h5-6,8-12,16,18-20H,3-4,7,13-15,17H2,1-2H3. The molecule has 37 heavy (non-hydrogen) atoms. The highest BCUT2D eigenvalue weighted by Gasteiger charge is 2.22. The molecule has 194 valence electrons. The maximum Gasteiger partial charge on any atom is 0.210 e. The normalized spacial score (nSPS) is 11.4. The first kappa shape index (κ1) is 27.7. The molecule has 0 fully saturated rings. The van der Waals surface area contributed by atoms with Gasteiger partial charge in [-0.3, -0.25) is 4.79 Å². The van der Waals surface area contributed by atoms with Gasteiger partial charge in [0, 0.05) is 33.9 Å². The number of fused-ring (bicyclic) bond motifs is 1. The molecule has 0 N–H and O–H groups in total. The number of benzene rings is 2. The summed E-state index contributed by atoms with van der Waals surface area (Å²) in [5.74, 6) is 0.264. The summed E-state index contributed by atoms with van der Waals surface area (Å²) in [6.07, 6.45) is 5.04. The van der Waals surface area contributed by atoms with Crippen molar-refractivity contribution in [1.29, 1.82) is 0 Å². The molecule has 0 saturated carbocycles. The van der Waals surface area contributed by atoms with Crippen LogP contribution in [-0.2, 0) is 0 Å². The molecule has 7 heteroatoms. The van der Waals surface area contributed by atoms with E-state index in [0.29, 0.717) is 33.7 Å². The van der Waals surface area contributed by atoms with Gasteiger partial charge in [-0.15, -0.1) is 0 Å². The van der Waals surface area contributed by atoms with Gasteiger partial charge >= 0.3 is 0 Å². The molecule has 4 aromatic rings. The van der Waals surface area contributed by atoms with E-state index < -0.39 is 0 Å². The molecule has 2 aromatic carbocycles. The maximum absolute atomic E-state index is 13.9. The second-order valence-electron chi connectivity index (χ2n) is 9.05. The van der Waals surface area contributed by atoms with E-state index in [0.717, 1.165) is 60.0 Å². The summed E-state index contributed by atoms with van der Waals surface area (Å²) in [4.78, 5) is 16.3. The van der Waals surface area contributed by atoms with Gasteiger partial charge in [-0.2, -0.15) is 0 Å². The van der Waals surface area contributed by atoms with Crippen molar-refractivity contribution in [2.45, 2.75) is 33.1 Å². The third-order valence-electron chi connectivity index (χ3n) is 6.26. The fourth-order valence-corrected chi connectivity index (χ4v) is 5.46. The summed E-state index contributed by atoms with van der Waals surface area (Å²) < 4.78 is 8.85. The third kappa shape index (κ3) is 6.58. The van der Waals surface area contributed by atoms with Crippen LogP contribution in [0.5, 0.6) is 5.75 Å². The quantitative estimate of drug-likeness (QED) is 0.120. The molecule has 0 atom stereocenters. The predicted molar refractivity (Wildman–Crippen MR) is 158 cm³/mol. The second-order valence-corrected chi connectivity index (χ2v) is 10.8. The van der Waals surface area contributed by atoms with Crippen LogP contribution in [0.2, 0.25) is 10.0 Å². The van der Waals surface area contributed by atoms with Gasteiger partial charge in [0.1, 0.15) is 5.69 Å². The maximum atomic E-state index is 13.9. The minimum Gasteiger partial charge on any atom is -0.490 e.